The summed E-state index contributed by atoms with van der Waals surface area (Å²) in [5.41, 5.74) is 2.78. The van der Waals surface area contributed by atoms with Gasteiger partial charge in [0.25, 0.3) is 0 Å². The minimum Gasteiger partial charge on any atom is -0.356 e. The Bertz CT molecular complexity index is 559. The Hall–Kier alpha value is -1.35. The minimum absolute atomic E-state index is 0.0446. The van der Waals surface area contributed by atoms with Crippen LogP contribution in [0.3, 0.4) is 0 Å². The molecule has 1 amide bonds. The fraction of sp³-hybridized carbons (Fsp3) is 0.438. The normalized spacial score (nSPS) is 10.8. The van der Waals surface area contributed by atoms with Crippen molar-refractivity contribution in [2.75, 3.05) is 6.54 Å². The Labute approximate surface area is 118 Å². The van der Waals surface area contributed by atoms with Crippen molar-refractivity contribution in [2.45, 2.75) is 39.5 Å². The third kappa shape index (κ3) is 3.80. The van der Waals surface area contributed by atoms with Crippen molar-refractivity contribution in [3.63, 3.8) is 0 Å². The number of unbranched alkanes of at least 4 members (excludes halogenated alkanes) is 1. The van der Waals surface area contributed by atoms with Crippen LogP contribution in [-0.2, 0) is 17.6 Å². The molecule has 0 saturated heterocycles. The number of rotatable bonds is 6. The molecule has 1 N–H and O–H groups in total. The number of benzene rings is 1. The molecule has 0 aliphatic heterocycles. The molecule has 0 spiro atoms. The number of nitrogens with one attached hydrogen (secondary N) is 1. The molecule has 1 heterocycles. The van der Waals surface area contributed by atoms with Crippen LogP contribution in [0.1, 0.15) is 37.8 Å². The number of aryl methyl sites for hydroxylation is 1. The molecule has 2 nitrogen and oxygen atoms in total. The summed E-state index contributed by atoms with van der Waals surface area (Å²) < 4.78 is 1.35. The number of fused-ring (bicyclic) bond motifs is 1. The SMILES string of the molecule is CCCCc1ccc2scc(CCNC(C)=O)c2c1. The highest BCUT2D eigenvalue weighted by atomic mass is 32.1. The van der Waals surface area contributed by atoms with Gasteiger partial charge >= 0.3 is 0 Å². The first-order valence-electron chi connectivity index (χ1n) is 6.94. The zero-order valence-electron chi connectivity index (χ0n) is 11.7. The van der Waals surface area contributed by atoms with E-state index in [4.69, 9.17) is 0 Å². The summed E-state index contributed by atoms with van der Waals surface area (Å²) in [6.07, 6.45) is 4.55. The van der Waals surface area contributed by atoms with Gasteiger partial charge in [0.15, 0.2) is 0 Å². The van der Waals surface area contributed by atoms with Crippen LogP contribution in [0.25, 0.3) is 10.1 Å². The van der Waals surface area contributed by atoms with E-state index in [1.807, 2.05) is 0 Å². The van der Waals surface area contributed by atoms with E-state index in [0.29, 0.717) is 0 Å². The molecule has 2 rings (SSSR count). The van der Waals surface area contributed by atoms with Gasteiger partial charge in [-0.2, -0.15) is 0 Å². The molecule has 19 heavy (non-hydrogen) atoms. The van der Waals surface area contributed by atoms with Gasteiger partial charge in [-0.3, -0.25) is 4.79 Å². The quantitative estimate of drug-likeness (QED) is 0.850. The Kier molecular flexibility index (Phi) is 4.97. The van der Waals surface area contributed by atoms with Crippen LogP contribution in [0, 0.1) is 0 Å². The Balaban J connectivity index is 2.12. The summed E-state index contributed by atoms with van der Waals surface area (Å²) in [6, 6.07) is 6.80. The lowest BCUT2D eigenvalue weighted by Gasteiger charge is -2.04. The van der Waals surface area contributed by atoms with Gasteiger partial charge in [0.2, 0.25) is 5.91 Å². The predicted molar refractivity (Wildman–Crippen MR) is 82.8 cm³/mol. The average Bonchev–Trinajstić information content (AvgIpc) is 2.79. The molecule has 0 aliphatic carbocycles. The van der Waals surface area contributed by atoms with Crippen molar-refractivity contribution in [2.24, 2.45) is 0 Å². The summed E-state index contributed by atoms with van der Waals surface area (Å²) in [4.78, 5) is 10.9. The number of thiophene rings is 1. The molecule has 0 unspecified atom stereocenters. The van der Waals surface area contributed by atoms with Gasteiger partial charge < -0.3 is 5.32 Å². The highest BCUT2D eigenvalue weighted by Crippen LogP contribution is 2.27. The fourth-order valence-corrected chi connectivity index (χ4v) is 3.21. The molecular formula is C16H21NOS. The Morgan fingerprint density at radius 2 is 2.16 bits per heavy atom. The highest BCUT2D eigenvalue weighted by Gasteiger charge is 2.05. The van der Waals surface area contributed by atoms with Crippen molar-refractivity contribution in [3.8, 4) is 0 Å². The number of carbonyl (C=O) groups excluding carboxylic acids is 1. The minimum atomic E-state index is 0.0446. The largest absolute Gasteiger partial charge is 0.356 e. The number of carbonyl (C=O) groups is 1. The molecule has 0 radical (unpaired) electrons. The fourth-order valence-electron chi connectivity index (χ4n) is 2.23. The molecule has 1 aromatic carbocycles. The molecular weight excluding hydrogens is 254 g/mol. The van der Waals surface area contributed by atoms with Crippen molar-refractivity contribution in [1.29, 1.82) is 0 Å². The number of amides is 1. The van der Waals surface area contributed by atoms with E-state index in [-0.39, 0.29) is 5.91 Å². The van der Waals surface area contributed by atoms with E-state index in [1.54, 1.807) is 18.3 Å². The second-order valence-electron chi connectivity index (χ2n) is 4.93. The zero-order valence-corrected chi connectivity index (χ0v) is 12.5. The van der Waals surface area contributed by atoms with Gasteiger partial charge in [0.1, 0.15) is 0 Å². The molecule has 0 aliphatic rings. The van der Waals surface area contributed by atoms with Crippen molar-refractivity contribution < 1.29 is 4.79 Å². The highest BCUT2D eigenvalue weighted by molar-refractivity contribution is 7.17. The molecule has 1 aromatic heterocycles. The summed E-state index contributed by atoms with van der Waals surface area (Å²) in [6.45, 7) is 4.51. The second-order valence-corrected chi connectivity index (χ2v) is 5.84. The monoisotopic (exact) mass is 275 g/mol. The van der Waals surface area contributed by atoms with Crippen LogP contribution in [0.5, 0.6) is 0 Å². The van der Waals surface area contributed by atoms with Gasteiger partial charge in [-0.1, -0.05) is 25.5 Å². The van der Waals surface area contributed by atoms with Gasteiger partial charge in [-0.15, -0.1) is 11.3 Å². The lowest BCUT2D eigenvalue weighted by molar-refractivity contribution is -0.118. The summed E-state index contributed by atoms with van der Waals surface area (Å²) >= 11 is 1.79. The van der Waals surface area contributed by atoms with Crippen LogP contribution in [-0.4, -0.2) is 12.5 Å². The third-order valence-electron chi connectivity index (χ3n) is 3.31. The molecule has 3 heteroatoms. The lowest BCUT2D eigenvalue weighted by Crippen LogP contribution is -2.22. The van der Waals surface area contributed by atoms with Gasteiger partial charge in [-0.25, -0.2) is 0 Å². The summed E-state index contributed by atoms with van der Waals surface area (Å²) in [7, 11) is 0. The van der Waals surface area contributed by atoms with E-state index < -0.39 is 0 Å². The smallest absolute Gasteiger partial charge is 0.216 e. The van der Waals surface area contributed by atoms with E-state index in [9.17, 15) is 4.79 Å². The first-order chi connectivity index (χ1) is 9.20. The zero-order chi connectivity index (χ0) is 13.7. The van der Waals surface area contributed by atoms with E-state index in [1.165, 1.54) is 34.1 Å². The summed E-state index contributed by atoms with van der Waals surface area (Å²) in [5.74, 6) is 0.0446. The molecule has 102 valence electrons. The van der Waals surface area contributed by atoms with E-state index in [0.717, 1.165) is 19.4 Å². The van der Waals surface area contributed by atoms with E-state index in [2.05, 4.69) is 35.8 Å². The maximum absolute atomic E-state index is 10.9. The van der Waals surface area contributed by atoms with Crippen LogP contribution in [0.15, 0.2) is 23.6 Å². The standard InChI is InChI=1S/C16H21NOS/c1-3-4-5-13-6-7-16-15(10-13)14(11-19-16)8-9-17-12(2)18/h6-7,10-11H,3-5,8-9H2,1-2H3,(H,17,18). The molecule has 0 saturated carbocycles. The predicted octanol–water partition coefficient (Wildman–Crippen LogP) is 3.92. The van der Waals surface area contributed by atoms with Crippen molar-refractivity contribution in [1.82, 2.24) is 5.32 Å². The van der Waals surface area contributed by atoms with Gasteiger partial charge in [-0.05, 0) is 47.2 Å². The third-order valence-corrected chi connectivity index (χ3v) is 4.32. The lowest BCUT2D eigenvalue weighted by atomic mass is 10.0. The van der Waals surface area contributed by atoms with Crippen LogP contribution in [0.4, 0.5) is 0 Å². The Morgan fingerprint density at radius 1 is 1.32 bits per heavy atom. The number of hydrogen-bond acceptors (Lipinski definition) is 2. The maximum Gasteiger partial charge on any atom is 0.216 e. The summed E-state index contributed by atoms with van der Waals surface area (Å²) in [5, 5.41) is 6.45. The van der Waals surface area contributed by atoms with Crippen LogP contribution in [0.2, 0.25) is 0 Å². The van der Waals surface area contributed by atoms with Gasteiger partial charge in [0, 0.05) is 18.2 Å². The average molecular weight is 275 g/mol. The van der Waals surface area contributed by atoms with Gasteiger partial charge in [0.05, 0.1) is 0 Å². The Morgan fingerprint density at radius 3 is 2.89 bits per heavy atom. The molecule has 0 atom stereocenters. The van der Waals surface area contributed by atoms with Crippen molar-refractivity contribution in [3.05, 3.63) is 34.7 Å². The molecule has 0 bridgehead atoms. The van der Waals surface area contributed by atoms with Crippen LogP contribution < -0.4 is 5.32 Å². The first kappa shape index (κ1) is 14.1. The van der Waals surface area contributed by atoms with Crippen molar-refractivity contribution >= 4 is 27.3 Å². The number of hydrogen-bond donors (Lipinski definition) is 1. The topological polar surface area (TPSA) is 29.1 Å². The van der Waals surface area contributed by atoms with Crippen LogP contribution >= 0.6 is 11.3 Å². The molecule has 0 fully saturated rings. The molecule has 2 aromatic rings. The van der Waals surface area contributed by atoms with E-state index >= 15 is 0 Å². The second kappa shape index (κ2) is 6.71. The first-order valence-corrected chi connectivity index (χ1v) is 7.82. The maximum atomic E-state index is 10.9.